The number of hydrogen-bond donors (Lipinski definition) is 2. The Balaban J connectivity index is 1.86. The van der Waals surface area contributed by atoms with Crippen LogP contribution < -0.4 is 14.4 Å². The molecule has 3 rings (SSSR count). The Morgan fingerprint density at radius 3 is 2.64 bits per heavy atom. The number of para-hydroxylation sites is 1. The van der Waals surface area contributed by atoms with Gasteiger partial charge in [0.25, 0.3) is 0 Å². The molecular formula is C20H24N2O5S. The lowest BCUT2D eigenvalue weighted by atomic mass is 10.2. The van der Waals surface area contributed by atoms with Crippen molar-refractivity contribution in [3.63, 3.8) is 0 Å². The third-order valence-corrected chi connectivity index (χ3v) is 5.63. The molecule has 1 heterocycles. The highest BCUT2D eigenvalue weighted by molar-refractivity contribution is 7.89. The maximum Gasteiger partial charge on any atom is 0.246 e. The molecule has 1 aromatic heterocycles. The molecule has 150 valence electrons. The Labute approximate surface area is 164 Å². The van der Waals surface area contributed by atoms with E-state index in [1.165, 1.54) is 6.07 Å². The number of sulfonamides is 1. The van der Waals surface area contributed by atoms with Gasteiger partial charge in [-0.15, -0.1) is 0 Å². The molecule has 2 aromatic carbocycles. The molecule has 0 fully saturated rings. The number of rotatable bonds is 8. The Bertz CT molecular complexity index is 1060. The highest BCUT2D eigenvalue weighted by Gasteiger charge is 2.25. The first-order chi connectivity index (χ1) is 13.3. The maximum atomic E-state index is 12.8. The molecule has 0 aliphatic rings. The van der Waals surface area contributed by atoms with E-state index in [-0.39, 0.29) is 16.4 Å². The highest BCUT2D eigenvalue weighted by Crippen LogP contribution is 2.29. The van der Waals surface area contributed by atoms with E-state index in [2.05, 4.69) is 4.72 Å². The topological polar surface area (TPSA) is 92.0 Å². The summed E-state index contributed by atoms with van der Waals surface area (Å²) in [5, 5.41) is 11.2. The summed E-state index contributed by atoms with van der Waals surface area (Å²) < 4.78 is 38.9. The van der Waals surface area contributed by atoms with E-state index in [1.54, 1.807) is 24.3 Å². The van der Waals surface area contributed by atoms with Gasteiger partial charge in [0.1, 0.15) is 22.0 Å². The van der Waals surface area contributed by atoms with Gasteiger partial charge in [-0.25, -0.2) is 8.42 Å². The predicted octanol–water partition coefficient (Wildman–Crippen LogP) is 3.26. The molecule has 2 N–H and O–H groups in total. The number of nitrogens with zero attached hydrogens (tertiary/aromatic N) is 1. The summed E-state index contributed by atoms with van der Waals surface area (Å²) >= 11 is 0. The Morgan fingerprint density at radius 2 is 1.93 bits per heavy atom. The van der Waals surface area contributed by atoms with Gasteiger partial charge < -0.3 is 19.2 Å². The van der Waals surface area contributed by atoms with Gasteiger partial charge in [0.2, 0.25) is 10.0 Å². The zero-order chi connectivity index (χ0) is 20.3. The first-order valence-corrected chi connectivity index (χ1v) is 10.4. The molecule has 1 atom stereocenters. The molecule has 1 unspecified atom stereocenters. The van der Waals surface area contributed by atoms with Gasteiger partial charge in [0, 0.05) is 31.2 Å². The van der Waals surface area contributed by atoms with Crippen LogP contribution in [0.5, 0.6) is 5.75 Å². The number of aliphatic hydroxyl groups is 1. The zero-order valence-corrected chi connectivity index (χ0v) is 16.9. The summed E-state index contributed by atoms with van der Waals surface area (Å²) in [6, 6.07) is 13.5. The van der Waals surface area contributed by atoms with Crippen molar-refractivity contribution in [1.29, 1.82) is 0 Å². The largest absolute Gasteiger partial charge is 0.492 e. The van der Waals surface area contributed by atoms with Gasteiger partial charge in [-0.3, -0.25) is 0 Å². The van der Waals surface area contributed by atoms with E-state index in [1.807, 2.05) is 44.1 Å². The highest BCUT2D eigenvalue weighted by atomic mass is 32.2. The monoisotopic (exact) mass is 404 g/mol. The van der Waals surface area contributed by atoms with Crippen molar-refractivity contribution in [2.24, 2.45) is 0 Å². The van der Waals surface area contributed by atoms with E-state index in [9.17, 15) is 13.5 Å². The van der Waals surface area contributed by atoms with Crippen molar-refractivity contribution in [3.05, 3.63) is 54.3 Å². The second-order valence-electron chi connectivity index (χ2n) is 6.58. The fraction of sp³-hybridized carbons (Fsp3) is 0.300. The van der Waals surface area contributed by atoms with E-state index in [0.717, 1.165) is 17.5 Å². The van der Waals surface area contributed by atoms with Crippen LogP contribution in [0.15, 0.2) is 57.8 Å². The fourth-order valence-corrected chi connectivity index (χ4v) is 3.91. The Kier molecular flexibility index (Phi) is 5.93. The minimum Gasteiger partial charge on any atom is -0.492 e. The van der Waals surface area contributed by atoms with Crippen LogP contribution in [0.3, 0.4) is 0 Å². The quantitative estimate of drug-likeness (QED) is 0.560. The standard InChI is InChI=1S/C20H24N2O5S/c1-4-11-26-16-7-5-6-8-19(16)28(24,25)21-20(23)18-12-14-9-10-15(22(2)3)13-17(14)27-18/h5-10,12-13,20-21,23H,4,11H2,1-3H3. The molecule has 28 heavy (non-hydrogen) atoms. The molecule has 0 saturated heterocycles. The van der Waals surface area contributed by atoms with Crippen molar-refractivity contribution in [1.82, 2.24) is 4.72 Å². The second kappa shape index (κ2) is 8.22. The van der Waals surface area contributed by atoms with Gasteiger partial charge in [-0.1, -0.05) is 19.1 Å². The van der Waals surface area contributed by atoms with Crippen molar-refractivity contribution in [3.8, 4) is 5.75 Å². The molecule has 3 aromatic rings. The van der Waals surface area contributed by atoms with Gasteiger partial charge in [0.05, 0.1) is 6.61 Å². The summed E-state index contributed by atoms with van der Waals surface area (Å²) in [5.41, 5.74) is 1.50. The summed E-state index contributed by atoms with van der Waals surface area (Å²) in [6.07, 6.45) is -0.780. The first kappa shape index (κ1) is 20.2. The average molecular weight is 404 g/mol. The minimum atomic E-state index is -4.02. The summed E-state index contributed by atoms with van der Waals surface area (Å²) in [7, 11) is -0.203. The number of benzene rings is 2. The summed E-state index contributed by atoms with van der Waals surface area (Å²) in [5.74, 6) is 0.353. The van der Waals surface area contributed by atoms with Crippen LogP contribution in [-0.4, -0.2) is 34.2 Å². The molecule has 0 amide bonds. The third-order valence-electron chi connectivity index (χ3n) is 4.18. The van der Waals surface area contributed by atoms with Crippen molar-refractivity contribution in [2.45, 2.75) is 24.5 Å². The number of nitrogens with one attached hydrogen (secondary N) is 1. The SMILES string of the molecule is CCCOc1ccccc1S(=O)(=O)NC(O)c1cc2ccc(N(C)C)cc2o1. The second-order valence-corrected chi connectivity index (χ2v) is 8.27. The van der Waals surface area contributed by atoms with Crippen molar-refractivity contribution < 1.29 is 22.7 Å². The third kappa shape index (κ3) is 4.30. The zero-order valence-electron chi connectivity index (χ0n) is 16.0. The predicted molar refractivity (Wildman–Crippen MR) is 108 cm³/mol. The van der Waals surface area contributed by atoms with Crippen LogP contribution >= 0.6 is 0 Å². The van der Waals surface area contributed by atoms with Gasteiger partial charge in [-0.05, 0) is 36.8 Å². The molecule has 7 nitrogen and oxygen atoms in total. The summed E-state index contributed by atoms with van der Waals surface area (Å²) in [6.45, 7) is 2.33. The van der Waals surface area contributed by atoms with Crippen LogP contribution in [-0.2, 0) is 10.0 Å². The van der Waals surface area contributed by atoms with Crippen molar-refractivity contribution >= 4 is 26.7 Å². The molecule has 0 aliphatic heterocycles. The Morgan fingerprint density at radius 1 is 1.18 bits per heavy atom. The number of fused-ring (bicyclic) bond motifs is 1. The lowest BCUT2D eigenvalue weighted by molar-refractivity contribution is 0.141. The van der Waals surface area contributed by atoms with Crippen molar-refractivity contribution in [2.75, 3.05) is 25.6 Å². The van der Waals surface area contributed by atoms with E-state index < -0.39 is 16.3 Å². The van der Waals surface area contributed by atoms with E-state index in [0.29, 0.717) is 12.2 Å². The van der Waals surface area contributed by atoms with Gasteiger partial charge in [0.15, 0.2) is 6.23 Å². The van der Waals surface area contributed by atoms with E-state index in [4.69, 9.17) is 9.15 Å². The Hall–Kier alpha value is -2.55. The van der Waals surface area contributed by atoms with Gasteiger partial charge in [-0.2, -0.15) is 4.72 Å². The average Bonchev–Trinajstić information content (AvgIpc) is 3.09. The minimum absolute atomic E-state index is 0.0338. The van der Waals surface area contributed by atoms with E-state index >= 15 is 0 Å². The normalized spacial score (nSPS) is 12.9. The fourth-order valence-electron chi connectivity index (χ4n) is 2.73. The smallest absolute Gasteiger partial charge is 0.246 e. The number of anilines is 1. The number of hydrogen-bond acceptors (Lipinski definition) is 6. The molecule has 0 aliphatic carbocycles. The number of ether oxygens (including phenoxy) is 1. The maximum absolute atomic E-state index is 12.8. The molecule has 0 bridgehead atoms. The van der Waals surface area contributed by atoms with Crippen LogP contribution in [0.1, 0.15) is 25.3 Å². The lowest BCUT2D eigenvalue weighted by Gasteiger charge is -2.14. The lowest BCUT2D eigenvalue weighted by Crippen LogP contribution is -2.28. The van der Waals surface area contributed by atoms with Crippen LogP contribution in [0.4, 0.5) is 5.69 Å². The molecule has 8 heteroatoms. The first-order valence-electron chi connectivity index (χ1n) is 8.95. The summed E-state index contributed by atoms with van der Waals surface area (Å²) in [4.78, 5) is 1.89. The number of furan rings is 1. The van der Waals surface area contributed by atoms with Crippen LogP contribution in [0.25, 0.3) is 11.0 Å². The van der Waals surface area contributed by atoms with Crippen LogP contribution in [0.2, 0.25) is 0 Å². The van der Waals surface area contributed by atoms with Gasteiger partial charge >= 0.3 is 0 Å². The molecule has 0 saturated carbocycles. The number of aliphatic hydroxyl groups excluding tert-OH is 1. The molecular weight excluding hydrogens is 380 g/mol. The molecule has 0 spiro atoms. The van der Waals surface area contributed by atoms with Crippen LogP contribution in [0, 0.1) is 0 Å². The molecule has 0 radical (unpaired) electrons.